The van der Waals surface area contributed by atoms with E-state index in [0.29, 0.717) is 18.8 Å². The number of aromatic nitrogens is 4. The first-order chi connectivity index (χ1) is 14.2. The Balaban J connectivity index is 1.50. The Hall–Kier alpha value is -2.93. The van der Waals surface area contributed by atoms with E-state index < -0.39 is 0 Å². The van der Waals surface area contributed by atoms with Crippen LogP contribution in [-0.4, -0.2) is 43.8 Å². The molecule has 1 N–H and O–H groups in total. The van der Waals surface area contributed by atoms with Gasteiger partial charge in [0.1, 0.15) is 5.82 Å². The molecule has 4 rings (SSSR count). The molecule has 0 amide bonds. The summed E-state index contributed by atoms with van der Waals surface area (Å²) in [4.78, 5) is 22.3. The molecule has 3 aromatic rings. The van der Waals surface area contributed by atoms with Gasteiger partial charge in [0.05, 0.1) is 13.2 Å². The number of carbonyl (C=O) groups excluding carboxylic acids is 1. The molecule has 7 heteroatoms. The largest absolute Gasteiger partial charge is 0.461 e. The number of esters is 1. The number of nitrogens with zero attached hydrogens (tertiary/aromatic N) is 4. The van der Waals surface area contributed by atoms with Crippen molar-refractivity contribution in [3.8, 4) is 0 Å². The maximum absolute atomic E-state index is 12.5. The zero-order chi connectivity index (χ0) is 20.1. The highest BCUT2D eigenvalue weighted by molar-refractivity contribution is 5.89. The predicted octanol–water partition coefficient (Wildman–Crippen LogP) is 2.97. The lowest BCUT2D eigenvalue weighted by Gasteiger charge is -2.26. The van der Waals surface area contributed by atoms with Crippen molar-refractivity contribution in [1.82, 2.24) is 24.6 Å². The summed E-state index contributed by atoms with van der Waals surface area (Å²) in [6.07, 6.45) is 6.44. The molecule has 0 unspecified atom stereocenters. The highest BCUT2D eigenvalue weighted by Gasteiger charge is 2.29. The van der Waals surface area contributed by atoms with Gasteiger partial charge < -0.3 is 9.72 Å². The van der Waals surface area contributed by atoms with E-state index in [9.17, 15) is 4.79 Å². The zero-order valence-corrected chi connectivity index (χ0v) is 16.8. The number of hydrogen-bond acceptors (Lipinski definition) is 5. The summed E-state index contributed by atoms with van der Waals surface area (Å²) in [6.45, 7) is 5.31. The van der Waals surface area contributed by atoms with Crippen molar-refractivity contribution in [3.05, 3.63) is 71.1 Å². The first-order valence-electron chi connectivity index (χ1n) is 10.2. The van der Waals surface area contributed by atoms with E-state index in [4.69, 9.17) is 4.74 Å². The molecule has 1 aromatic carbocycles. The number of aryl methyl sites for hydroxylation is 2. The molecular weight excluding hydrogens is 366 g/mol. The Labute approximate surface area is 170 Å². The van der Waals surface area contributed by atoms with Gasteiger partial charge in [-0.25, -0.2) is 9.78 Å². The molecule has 0 bridgehead atoms. The normalized spacial score (nSPS) is 14.0. The SMILES string of the molecule is CCOC(=O)c1nn(CCCc2ccccc2)c2c1CN(Cc1ncc[nH]1)CC2. The van der Waals surface area contributed by atoms with Gasteiger partial charge in [-0.2, -0.15) is 5.10 Å². The maximum Gasteiger partial charge on any atom is 0.359 e. The van der Waals surface area contributed by atoms with Crippen LogP contribution in [0.1, 0.15) is 46.5 Å². The Morgan fingerprint density at radius 1 is 1.28 bits per heavy atom. The lowest BCUT2D eigenvalue weighted by atomic mass is 10.0. The summed E-state index contributed by atoms with van der Waals surface area (Å²) >= 11 is 0. The lowest BCUT2D eigenvalue weighted by Crippen LogP contribution is -2.31. The van der Waals surface area contributed by atoms with Crippen LogP contribution in [0.5, 0.6) is 0 Å². The summed E-state index contributed by atoms with van der Waals surface area (Å²) in [5.41, 5.74) is 3.95. The minimum atomic E-state index is -0.328. The van der Waals surface area contributed by atoms with Gasteiger partial charge in [0, 0.05) is 49.7 Å². The van der Waals surface area contributed by atoms with Crippen LogP contribution in [0.4, 0.5) is 0 Å². The standard InChI is InChI=1S/C22H27N5O2/c1-2-29-22(28)21-18-15-26(16-20-23-11-12-24-20)14-10-19(18)27(25-21)13-6-9-17-7-4-3-5-8-17/h3-5,7-8,11-12H,2,6,9-10,13-16H2,1H3,(H,23,24). The third-order valence-electron chi connectivity index (χ3n) is 5.29. The van der Waals surface area contributed by atoms with E-state index >= 15 is 0 Å². The van der Waals surface area contributed by atoms with Crippen molar-refractivity contribution < 1.29 is 9.53 Å². The first-order valence-corrected chi connectivity index (χ1v) is 10.2. The van der Waals surface area contributed by atoms with E-state index in [1.165, 1.54) is 5.56 Å². The van der Waals surface area contributed by atoms with Gasteiger partial charge in [0.25, 0.3) is 0 Å². The smallest absolute Gasteiger partial charge is 0.359 e. The third-order valence-corrected chi connectivity index (χ3v) is 5.29. The highest BCUT2D eigenvalue weighted by Crippen LogP contribution is 2.25. The molecule has 29 heavy (non-hydrogen) atoms. The minimum absolute atomic E-state index is 0.328. The van der Waals surface area contributed by atoms with Crippen LogP contribution in [0.15, 0.2) is 42.7 Å². The molecule has 0 fully saturated rings. The summed E-state index contributed by atoms with van der Waals surface area (Å²) in [5, 5.41) is 4.67. The topological polar surface area (TPSA) is 76.0 Å². The average Bonchev–Trinajstić information content (AvgIpc) is 3.37. The average molecular weight is 393 g/mol. The monoisotopic (exact) mass is 393 g/mol. The lowest BCUT2D eigenvalue weighted by molar-refractivity contribution is 0.0515. The van der Waals surface area contributed by atoms with Crippen LogP contribution < -0.4 is 0 Å². The van der Waals surface area contributed by atoms with Crippen LogP contribution in [0.25, 0.3) is 0 Å². The van der Waals surface area contributed by atoms with Gasteiger partial charge in [-0.3, -0.25) is 9.58 Å². The van der Waals surface area contributed by atoms with E-state index in [0.717, 1.165) is 56.0 Å². The fourth-order valence-electron chi connectivity index (χ4n) is 3.90. The number of fused-ring (bicyclic) bond motifs is 1. The summed E-state index contributed by atoms with van der Waals surface area (Å²) < 4.78 is 7.29. The van der Waals surface area contributed by atoms with Crippen molar-refractivity contribution in [2.75, 3.05) is 13.2 Å². The van der Waals surface area contributed by atoms with E-state index in [1.54, 1.807) is 6.20 Å². The van der Waals surface area contributed by atoms with Crippen molar-refractivity contribution in [2.45, 2.75) is 45.8 Å². The fourth-order valence-corrected chi connectivity index (χ4v) is 3.90. The Morgan fingerprint density at radius 3 is 2.90 bits per heavy atom. The molecular formula is C22H27N5O2. The molecule has 0 spiro atoms. The maximum atomic E-state index is 12.5. The summed E-state index contributed by atoms with van der Waals surface area (Å²) in [6, 6.07) is 10.5. The number of aromatic amines is 1. The van der Waals surface area contributed by atoms with Gasteiger partial charge in [-0.15, -0.1) is 0 Å². The second-order valence-electron chi connectivity index (χ2n) is 7.30. The molecule has 7 nitrogen and oxygen atoms in total. The molecule has 1 aliphatic rings. The van der Waals surface area contributed by atoms with Crippen LogP contribution in [0.2, 0.25) is 0 Å². The van der Waals surface area contributed by atoms with Crippen LogP contribution in [0.3, 0.4) is 0 Å². The highest BCUT2D eigenvalue weighted by atomic mass is 16.5. The molecule has 0 saturated heterocycles. The number of benzene rings is 1. The van der Waals surface area contributed by atoms with Crippen molar-refractivity contribution in [3.63, 3.8) is 0 Å². The number of H-pyrrole nitrogens is 1. The molecule has 0 radical (unpaired) electrons. The first kappa shape index (κ1) is 19.4. The second kappa shape index (κ2) is 9.05. The van der Waals surface area contributed by atoms with Gasteiger partial charge >= 0.3 is 5.97 Å². The molecule has 0 saturated carbocycles. The van der Waals surface area contributed by atoms with Gasteiger partial charge in [0.15, 0.2) is 5.69 Å². The van der Waals surface area contributed by atoms with Crippen molar-refractivity contribution in [1.29, 1.82) is 0 Å². The number of rotatable bonds is 8. The molecule has 0 atom stereocenters. The molecule has 152 valence electrons. The van der Waals surface area contributed by atoms with Gasteiger partial charge in [0.2, 0.25) is 0 Å². The third kappa shape index (κ3) is 4.56. The summed E-state index contributed by atoms with van der Waals surface area (Å²) in [5.74, 6) is 0.604. The quantitative estimate of drug-likeness (QED) is 0.596. The minimum Gasteiger partial charge on any atom is -0.461 e. The molecule has 3 heterocycles. The number of carbonyl (C=O) groups is 1. The van der Waals surface area contributed by atoms with Crippen LogP contribution in [-0.2, 0) is 37.2 Å². The molecule has 2 aromatic heterocycles. The second-order valence-corrected chi connectivity index (χ2v) is 7.30. The van der Waals surface area contributed by atoms with Gasteiger partial charge in [-0.1, -0.05) is 30.3 Å². The van der Waals surface area contributed by atoms with Gasteiger partial charge in [-0.05, 0) is 25.3 Å². The number of imidazole rings is 1. The van der Waals surface area contributed by atoms with Crippen LogP contribution in [0, 0.1) is 0 Å². The molecule has 0 aliphatic carbocycles. The van der Waals surface area contributed by atoms with Crippen molar-refractivity contribution >= 4 is 5.97 Å². The Kier molecular flexibility index (Phi) is 6.05. The van der Waals surface area contributed by atoms with E-state index in [2.05, 4.69) is 44.2 Å². The predicted molar refractivity (Wildman–Crippen MR) is 109 cm³/mol. The van der Waals surface area contributed by atoms with E-state index in [1.807, 2.05) is 23.9 Å². The van der Waals surface area contributed by atoms with Crippen LogP contribution >= 0.6 is 0 Å². The van der Waals surface area contributed by atoms with Crippen molar-refractivity contribution in [2.24, 2.45) is 0 Å². The number of nitrogens with one attached hydrogen (secondary N) is 1. The zero-order valence-electron chi connectivity index (χ0n) is 16.8. The Bertz CT molecular complexity index is 934. The number of hydrogen-bond donors (Lipinski definition) is 1. The summed E-state index contributed by atoms with van der Waals surface area (Å²) in [7, 11) is 0. The Morgan fingerprint density at radius 2 is 2.14 bits per heavy atom. The number of ether oxygens (including phenoxy) is 1. The molecule has 1 aliphatic heterocycles. The fraction of sp³-hybridized carbons (Fsp3) is 0.409. The van der Waals surface area contributed by atoms with E-state index in [-0.39, 0.29) is 5.97 Å².